The topological polar surface area (TPSA) is 48.7 Å². The fraction of sp³-hybridized carbons (Fsp3) is 0.565. The highest BCUT2D eigenvalue weighted by atomic mass is 32.2. The minimum absolute atomic E-state index is 0.182. The second-order valence-electron chi connectivity index (χ2n) is 8.64. The number of rotatable bonds is 6. The number of ether oxygens (including phenoxy) is 2. The summed E-state index contributed by atoms with van der Waals surface area (Å²) in [6, 6.07) is 8.02. The molecule has 1 fully saturated rings. The zero-order valence-corrected chi connectivity index (χ0v) is 18.6. The minimum Gasteiger partial charge on any atom is -0.497 e. The van der Waals surface area contributed by atoms with Gasteiger partial charge in [-0.2, -0.15) is 0 Å². The lowest BCUT2D eigenvalue weighted by Gasteiger charge is -2.32. The lowest BCUT2D eigenvalue weighted by Crippen LogP contribution is -3.13. The van der Waals surface area contributed by atoms with E-state index in [0.717, 1.165) is 40.0 Å². The molecule has 156 valence electrons. The number of likely N-dealkylation sites (tertiary alicyclic amines) is 1. The van der Waals surface area contributed by atoms with Crippen LogP contribution in [0.5, 0.6) is 5.75 Å². The monoisotopic (exact) mass is 414 g/mol. The lowest BCUT2D eigenvalue weighted by atomic mass is 9.96. The zero-order chi connectivity index (χ0) is 20.3. The first kappa shape index (κ1) is 20.6. The molecule has 0 radical (unpaired) electrons. The molecule has 2 aliphatic rings. The Morgan fingerprint density at radius 2 is 1.86 bits per heavy atom. The molecule has 0 saturated carbocycles. The predicted octanol–water partition coefficient (Wildman–Crippen LogP) is 3.16. The van der Waals surface area contributed by atoms with Crippen molar-refractivity contribution in [2.24, 2.45) is 0 Å². The maximum absolute atomic E-state index is 6.09. The van der Waals surface area contributed by atoms with Gasteiger partial charge in [-0.25, -0.2) is 9.97 Å². The standard InChI is InChI=1S/C23H31N3O2S/c1-23(2)15-20-19(16-28-23)22(29-14-13-26-11-5-4-6-12-26)25-21(24-20)17-7-9-18(27-3)10-8-17/h7-10H,4-6,11-16H2,1-3H3/p+1. The molecule has 0 amide bonds. The van der Waals surface area contributed by atoms with Gasteiger partial charge >= 0.3 is 0 Å². The van der Waals surface area contributed by atoms with Gasteiger partial charge in [-0.1, -0.05) is 0 Å². The quantitative estimate of drug-likeness (QED) is 0.581. The third-order valence-corrected chi connectivity index (χ3v) is 6.88. The average molecular weight is 415 g/mol. The van der Waals surface area contributed by atoms with E-state index in [1.807, 2.05) is 36.0 Å². The maximum Gasteiger partial charge on any atom is 0.160 e. The molecule has 3 heterocycles. The molecule has 0 atom stereocenters. The summed E-state index contributed by atoms with van der Waals surface area (Å²) in [5.74, 6) is 2.74. The molecule has 2 aliphatic heterocycles. The van der Waals surface area contributed by atoms with Crippen molar-refractivity contribution in [2.45, 2.75) is 56.8 Å². The van der Waals surface area contributed by atoms with Gasteiger partial charge < -0.3 is 14.4 Å². The van der Waals surface area contributed by atoms with Gasteiger partial charge in [0, 0.05) is 23.3 Å². The first-order chi connectivity index (χ1) is 14.0. The summed E-state index contributed by atoms with van der Waals surface area (Å²) in [6.45, 7) is 8.71. The number of fused-ring (bicyclic) bond motifs is 1. The van der Waals surface area contributed by atoms with E-state index in [0.29, 0.717) is 6.61 Å². The van der Waals surface area contributed by atoms with Crippen molar-refractivity contribution < 1.29 is 14.4 Å². The number of aromatic nitrogens is 2. The van der Waals surface area contributed by atoms with Crippen molar-refractivity contribution >= 4 is 11.8 Å². The second kappa shape index (κ2) is 9.02. The molecule has 0 spiro atoms. The number of methoxy groups -OCH3 is 1. The SMILES string of the molecule is COc1ccc(-c2nc3c(c(SCC[NH+]4CCCCC4)n2)COC(C)(C)C3)cc1. The number of nitrogens with zero attached hydrogens (tertiary/aromatic N) is 2. The van der Waals surface area contributed by atoms with E-state index in [1.165, 1.54) is 44.5 Å². The van der Waals surface area contributed by atoms with E-state index in [1.54, 1.807) is 12.0 Å². The van der Waals surface area contributed by atoms with E-state index >= 15 is 0 Å². The van der Waals surface area contributed by atoms with Crippen molar-refractivity contribution in [3.63, 3.8) is 0 Å². The van der Waals surface area contributed by atoms with Crippen LogP contribution in [0.2, 0.25) is 0 Å². The number of hydrogen-bond donors (Lipinski definition) is 1. The summed E-state index contributed by atoms with van der Waals surface area (Å²) >= 11 is 1.87. The smallest absolute Gasteiger partial charge is 0.160 e. The molecule has 1 aromatic heterocycles. The van der Waals surface area contributed by atoms with E-state index in [4.69, 9.17) is 19.4 Å². The molecular formula is C23H32N3O2S+. The van der Waals surface area contributed by atoms with Crippen LogP contribution in [0, 0.1) is 0 Å². The number of hydrogen-bond acceptors (Lipinski definition) is 5. The minimum atomic E-state index is -0.182. The number of piperidine rings is 1. The predicted molar refractivity (Wildman–Crippen MR) is 117 cm³/mol. The second-order valence-corrected chi connectivity index (χ2v) is 9.72. The molecule has 29 heavy (non-hydrogen) atoms. The van der Waals surface area contributed by atoms with E-state index in [-0.39, 0.29) is 5.60 Å². The van der Waals surface area contributed by atoms with Crippen LogP contribution in [-0.4, -0.2) is 48.1 Å². The van der Waals surface area contributed by atoms with Crippen LogP contribution in [0.4, 0.5) is 0 Å². The van der Waals surface area contributed by atoms with Crippen LogP contribution in [-0.2, 0) is 17.8 Å². The summed E-state index contributed by atoms with van der Waals surface area (Å²) < 4.78 is 11.4. The van der Waals surface area contributed by atoms with Crippen molar-refractivity contribution in [1.29, 1.82) is 0 Å². The average Bonchev–Trinajstić information content (AvgIpc) is 2.73. The van der Waals surface area contributed by atoms with E-state index < -0.39 is 0 Å². The van der Waals surface area contributed by atoms with E-state index in [2.05, 4.69) is 13.8 Å². The Kier molecular flexibility index (Phi) is 6.42. The number of benzene rings is 1. The fourth-order valence-electron chi connectivity index (χ4n) is 4.10. The van der Waals surface area contributed by atoms with E-state index in [9.17, 15) is 0 Å². The zero-order valence-electron chi connectivity index (χ0n) is 17.8. The molecule has 2 aromatic rings. The fourth-order valence-corrected chi connectivity index (χ4v) is 5.19. The third-order valence-electron chi connectivity index (χ3n) is 5.86. The Morgan fingerprint density at radius 3 is 2.59 bits per heavy atom. The van der Waals surface area contributed by atoms with Crippen molar-refractivity contribution in [2.75, 3.05) is 32.5 Å². The Balaban J connectivity index is 1.57. The van der Waals surface area contributed by atoms with Gasteiger partial charge in [0.05, 0.1) is 44.6 Å². The summed E-state index contributed by atoms with van der Waals surface area (Å²) in [5.41, 5.74) is 3.16. The van der Waals surface area contributed by atoms with Gasteiger partial charge in [0.25, 0.3) is 0 Å². The molecule has 0 unspecified atom stereocenters. The van der Waals surface area contributed by atoms with Gasteiger partial charge in [0.15, 0.2) is 5.82 Å². The molecule has 5 nitrogen and oxygen atoms in total. The maximum atomic E-state index is 6.09. The summed E-state index contributed by atoms with van der Waals surface area (Å²) in [7, 11) is 1.69. The molecule has 6 heteroatoms. The lowest BCUT2D eigenvalue weighted by molar-refractivity contribution is -0.902. The van der Waals surface area contributed by atoms with Gasteiger partial charge in [0.2, 0.25) is 0 Å². The molecule has 4 rings (SSSR count). The Labute approximate surface area is 178 Å². The van der Waals surface area contributed by atoms with Crippen molar-refractivity contribution in [3.8, 4) is 17.1 Å². The van der Waals surface area contributed by atoms with Crippen LogP contribution in [0.15, 0.2) is 29.3 Å². The van der Waals surface area contributed by atoms with Crippen LogP contribution < -0.4 is 9.64 Å². The summed E-state index contributed by atoms with van der Waals surface area (Å²) in [4.78, 5) is 11.6. The number of quaternary nitrogens is 1. The highest BCUT2D eigenvalue weighted by Gasteiger charge is 2.30. The highest BCUT2D eigenvalue weighted by Crippen LogP contribution is 2.34. The van der Waals surface area contributed by atoms with Gasteiger partial charge in [0.1, 0.15) is 10.8 Å². The molecular weight excluding hydrogens is 382 g/mol. The normalized spacial score (nSPS) is 19.0. The molecule has 1 aromatic carbocycles. The largest absolute Gasteiger partial charge is 0.497 e. The summed E-state index contributed by atoms with van der Waals surface area (Å²) in [6.07, 6.45) is 4.95. The Bertz CT molecular complexity index is 833. The van der Waals surface area contributed by atoms with Crippen molar-refractivity contribution in [1.82, 2.24) is 9.97 Å². The Morgan fingerprint density at radius 1 is 1.10 bits per heavy atom. The number of nitrogens with one attached hydrogen (secondary N) is 1. The molecule has 1 N–H and O–H groups in total. The van der Waals surface area contributed by atoms with Crippen LogP contribution in [0.3, 0.4) is 0 Å². The van der Waals surface area contributed by atoms with Crippen LogP contribution >= 0.6 is 11.8 Å². The van der Waals surface area contributed by atoms with Crippen molar-refractivity contribution in [3.05, 3.63) is 35.5 Å². The first-order valence-corrected chi connectivity index (χ1v) is 11.7. The third kappa shape index (κ3) is 5.11. The molecule has 0 bridgehead atoms. The van der Waals surface area contributed by atoms with Crippen LogP contribution in [0.1, 0.15) is 44.4 Å². The first-order valence-electron chi connectivity index (χ1n) is 10.7. The molecule has 1 saturated heterocycles. The Hall–Kier alpha value is -1.63. The molecule has 0 aliphatic carbocycles. The van der Waals surface area contributed by atoms with Gasteiger partial charge in [-0.3, -0.25) is 0 Å². The van der Waals surface area contributed by atoms with Gasteiger partial charge in [-0.05, 0) is 57.4 Å². The number of thioether (sulfide) groups is 1. The van der Waals surface area contributed by atoms with Gasteiger partial charge in [-0.15, -0.1) is 11.8 Å². The summed E-state index contributed by atoms with van der Waals surface area (Å²) in [5, 5.41) is 1.09. The highest BCUT2D eigenvalue weighted by molar-refractivity contribution is 7.99. The van der Waals surface area contributed by atoms with Crippen LogP contribution in [0.25, 0.3) is 11.4 Å².